The fraction of sp³-hybridized carbons (Fsp3) is 0.111. The topological polar surface area (TPSA) is 43.4 Å². The largest absolute Gasteiger partial charge is 0.454 e. The molecule has 2 rings (SSSR count). The van der Waals surface area contributed by atoms with E-state index in [-0.39, 0.29) is 12.4 Å². The van der Waals surface area contributed by atoms with Crippen molar-refractivity contribution in [3.8, 4) is 0 Å². The molecule has 0 aromatic heterocycles. The van der Waals surface area contributed by atoms with Gasteiger partial charge in [-0.3, -0.25) is 4.79 Å². The highest BCUT2D eigenvalue weighted by atomic mass is 16.5. The van der Waals surface area contributed by atoms with E-state index in [1.807, 2.05) is 19.1 Å². The van der Waals surface area contributed by atoms with Gasteiger partial charge in [0.2, 0.25) is 5.78 Å². The molecule has 0 aliphatic heterocycles. The molecule has 2 aromatic carbocycles. The van der Waals surface area contributed by atoms with Crippen molar-refractivity contribution in [2.45, 2.75) is 6.92 Å². The Kier molecular flexibility index (Phi) is 4.67. The van der Waals surface area contributed by atoms with Gasteiger partial charge in [0.25, 0.3) is 0 Å². The Balaban J connectivity index is 1.99. The highest BCUT2D eigenvalue weighted by Gasteiger charge is 2.12. The number of benzene rings is 2. The van der Waals surface area contributed by atoms with Crippen molar-refractivity contribution in [3.63, 3.8) is 0 Å². The van der Waals surface area contributed by atoms with Gasteiger partial charge < -0.3 is 4.74 Å². The monoisotopic (exact) mass is 280 g/mol. The summed E-state index contributed by atoms with van der Waals surface area (Å²) in [6, 6.07) is 14.1. The van der Waals surface area contributed by atoms with E-state index in [2.05, 4.69) is 6.58 Å². The van der Waals surface area contributed by atoms with Gasteiger partial charge in [0, 0.05) is 5.56 Å². The third kappa shape index (κ3) is 3.66. The Morgan fingerprint density at radius 2 is 1.76 bits per heavy atom. The maximum Gasteiger partial charge on any atom is 0.338 e. The lowest BCUT2D eigenvalue weighted by atomic mass is 10.1. The van der Waals surface area contributed by atoms with E-state index in [4.69, 9.17) is 4.74 Å². The molecule has 0 amide bonds. The fourth-order valence-electron chi connectivity index (χ4n) is 1.93. The van der Waals surface area contributed by atoms with E-state index in [0.29, 0.717) is 11.1 Å². The Morgan fingerprint density at radius 3 is 2.38 bits per heavy atom. The zero-order valence-electron chi connectivity index (χ0n) is 11.8. The normalized spacial score (nSPS) is 9.95. The first kappa shape index (κ1) is 14.7. The molecule has 2 aromatic rings. The van der Waals surface area contributed by atoms with Crippen LogP contribution in [-0.2, 0) is 4.74 Å². The van der Waals surface area contributed by atoms with E-state index in [1.165, 1.54) is 0 Å². The molecule has 3 heteroatoms. The smallest absolute Gasteiger partial charge is 0.338 e. The summed E-state index contributed by atoms with van der Waals surface area (Å²) in [4.78, 5) is 23.9. The molecule has 0 N–H and O–H groups in total. The number of hydrogen-bond donors (Lipinski definition) is 0. The molecule has 0 saturated heterocycles. The predicted molar refractivity (Wildman–Crippen MR) is 82.3 cm³/mol. The molecule has 3 nitrogen and oxygen atoms in total. The molecular weight excluding hydrogens is 264 g/mol. The number of carbonyl (C=O) groups is 2. The van der Waals surface area contributed by atoms with Crippen molar-refractivity contribution < 1.29 is 14.3 Å². The molecule has 0 aliphatic rings. The number of rotatable bonds is 5. The van der Waals surface area contributed by atoms with Crippen molar-refractivity contribution in [2.75, 3.05) is 6.61 Å². The van der Waals surface area contributed by atoms with Crippen LogP contribution in [0.5, 0.6) is 0 Å². The van der Waals surface area contributed by atoms with Gasteiger partial charge in [-0.25, -0.2) is 4.79 Å². The molecule has 0 radical (unpaired) electrons. The lowest BCUT2D eigenvalue weighted by molar-refractivity contribution is 0.0474. The SMILES string of the molecule is C=Cc1ccc(C(=O)OCC(=O)c2ccccc2C)cc1. The summed E-state index contributed by atoms with van der Waals surface area (Å²) in [5, 5.41) is 0. The maximum absolute atomic E-state index is 12.0. The quantitative estimate of drug-likeness (QED) is 0.620. The van der Waals surface area contributed by atoms with Crippen molar-refractivity contribution in [2.24, 2.45) is 0 Å². The zero-order valence-corrected chi connectivity index (χ0v) is 11.8. The van der Waals surface area contributed by atoms with Crippen LogP contribution in [-0.4, -0.2) is 18.4 Å². The highest BCUT2D eigenvalue weighted by Crippen LogP contribution is 2.10. The van der Waals surface area contributed by atoms with Crippen molar-refractivity contribution in [3.05, 3.63) is 77.4 Å². The summed E-state index contributed by atoms with van der Waals surface area (Å²) in [6.45, 7) is 5.24. The van der Waals surface area contributed by atoms with Crippen LogP contribution in [0.25, 0.3) is 6.08 Å². The molecule has 0 saturated carbocycles. The van der Waals surface area contributed by atoms with Crippen LogP contribution < -0.4 is 0 Å². The van der Waals surface area contributed by atoms with Gasteiger partial charge in [0.05, 0.1) is 5.56 Å². The van der Waals surface area contributed by atoms with Gasteiger partial charge in [-0.1, -0.05) is 49.1 Å². The standard InChI is InChI=1S/C18H16O3/c1-3-14-8-10-15(11-9-14)18(20)21-12-17(19)16-7-5-4-6-13(16)2/h3-11H,1,12H2,2H3. The number of carbonyl (C=O) groups excluding carboxylic acids is 2. The molecule has 21 heavy (non-hydrogen) atoms. The van der Waals surface area contributed by atoms with Gasteiger partial charge in [-0.2, -0.15) is 0 Å². The number of ether oxygens (including phenoxy) is 1. The van der Waals surface area contributed by atoms with E-state index in [0.717, 1.165) is 11.1 Å². The zero-order chi connectivity index (χ0) is 15.2. The summed E-state index contributed by atoms with van der Waals surface area (Å²) in [5.74, 6) is -0.711. The highest BCUT2D eigenvalue weighted by molar-refractivity contribution is 6.00. The summed E-state index contributed by atoms with van der Waals surface area (Å²) in [7, 11) is 0. The Bertz CT molecular complexity index is 669. The summed E-state index contributed by atoms with van der Waals surface area (Å²) in [6.07, 6.45) is 1.69. The van der Waals surface area contributed by atoms with E-state index >= 15 is 0 Å². The lowest BCUT2D eigenvalue weighted by Crippen LogP contribution is -2.15. The number of esters is 1. The maximum atomic E-state index is 12.0. The number of Topliss-reactive ketones (excluding diaryl/α,β-unsaturated/α-hetero) is 1. The second kappa shape index (κ2) is 6.66. The fourth-order valence-corrected chi connectivity index (χ4v) is 1.93. The molecule has 0 unspecified atom stereocenters. The second-order valence-electron chi connectivity index (χ2n) is 4.64. The van der Waals surface area contributed by atoms with Gasteiger partial charge in [0.1, 0.15) is 0 Å². The summed E-state index contributed by atoms with van der Waals surface area (Å²) < 4.78 is 5.06. The van der Waals surface area contributed by atoms with Crippen LogP contribution in [0.2, 0.25) is 0 Å². The van der Waals surface area contributed by atoms with Crippen LogP contribution >= 0.6 is 0 Å². The number of aryl methyl sites for hydroxylation is 1. The minimum Gasteiger partial charge on any atom is -0.454 e. The molecule has 0 spiro atoms. The van der Waals surface area contributed by atoms with E-state index in [9.17, 15) is 9.59 Å². The van der Waals surface area contributed by atoms with Crippen LogP contribution in [0.4, 0.5) is 0 Å². The predicted octanol–water partition coefficient (Wildman–Crippen LogP) is 3.68. The second-order valence-corrected chi connectivity index (χ2v) is 4.64. The minimum atomic E-state index is -0.507. The Hall–Kier alpha value is -2.68. The third-order valence-electron chi connectivity index (χ3n) is 3.16. The average Bonchev–Trinajstić information content (AvgIpc) is 2.52. The molecule has 0 aliphatic carbocycles. The van der Waals surface area contributed by atoms with Gasteiger partial charge >= 0.3 is 5.97 Å². The average molecular weight is 280 g/mol. The van der Waals surface area contributed by atoms with Crippen LogP contribution in [0, 0.1) is 6.92 Å². The van der Waals surface area contributed by atoms with Crippen LogP contribution in [0.1, 0.15) is 31.8 Å². The number of hydrogen-bond acceptors (Lipinski definition) is 3. The van der Waals surface area contributed by atoms with Crippen molar-refractivity contribution in [1.29, 1.82) is 0 Å². The first-order valence-electron chi connectivity index (χ1n) is 6.60. The van der Waals surface area contributed by atoms with Crippen molar-refractivity contribution >= 4 is 17.8 Å². The number of ketones is 1. The molecule has 0 bridgehead atoms. The molecular formula is C18H16O3. The summed E-state index contributed by atoms with van der Waals surface area (Å²) in [5.41, 5.74) is 2.78. The van der Waals surface area contributed by atoms with Crippen molar-refractivity contribution in [1.82, 2.24) is 0 Å². The first-order valence-corrected chi connectivity index (χ1v) is 6.60. The lowest BCUT2D eigenvalue weighted by Gasteiger charge is -2.06. The molecule has 0 fully saturated rings. The van der Waals surface area contributed by atoms with Gasteiger partial charge in [-0.05, 0) is 30.2 Å². The Labute approximate surface area is 123 Å². The molecule has 106 valence electrons. The first-order chi connectivity index (χ1) is 10.1. The Morgan fingerprint density at radius 1 is 1.10 bits per heavy atom. The van der Waals surface area contributed by atoms with Crippen LogP contribution in [0.3, 0.4) is 0 Å². The summed E-state index contributed by atoms with van der Waals surface area (Å²) >= 11 is 0. The third-order valence-corrected chi connectivity index (χ3v) is 3.16. The van der Waals surface area contributed by atoms with Crippen LogP contribution in [0.15, 0.2) is 55.1 Å². The van der Waals surface area contributed by atoms with Gasteiger partial charge in [0.15, 0.2) is 6.61 Å². The molecule has 0 atom stereocenters. The van der Waals surface area contributed by atoms with E-state index in [1.54, 1.807) is 42.5 Å². The molecule has 0 heterocycles. The minimum absolute atomic E-state index is 0.204. The van der Waals surface area contributed by atoms with Gasteiger partial charge in [-0.15, -0.1) is 0 Å². The van der Waals surface area contributed by atoms with E-state index < -0.39 is 5.97 Å².